The molecular weight excluding hydrogens is 332 g/mol. The van der Waals surface area contributed by atoms with E-state index in [9.17, 15) is 14.4 Å². The van der Waals surface area contributed by atoms with Crippen molar-refractivity contribution in [2.45, 2.75) is 13.3 Å². The standard InChI is InChI=1S/C17H17ClN2O4/c1-10-7-13(8-14(21)19-9-15(22)23)20(2)16(10)17(24)11-3-5-12(18)6-4-11/h3-7H,8-9H2,1-2H3,(H,19,21)(H,22,23). The summed E-state index contributed by atoms with van der Waals surface area (Å²) >= 11 is 5.84. The molecule has 1 heterocycles. The molecule has 2 aromatic rings. The summed E-state index contributed by atoms with van der Waals surface area (Å²) in [6.45, 7) is 1.36. The molecule has 0 aliphatic rings. The highest BCUT2D eigenvalue weighted by Crippen LogP contribution is 2.20. The summed E-state index contributed by atoms with van der Waals surface area (Å²) in [7, 11) is 1.70. The molecule has 24 heavy (non-hydrogen) atoms. The molecule has 1 aromatic carbocycles. The van der Waals surface area contributed by atoms with E-state index in [1.54, 1.807) is 48.9 Å². The second-order valence-electron chi connectivity index (χ2n) is 5.41. The maximum absolute atomic E-state index is 12.7. The summed E-state index contributed by atoms with van der Waals surface area (Å²) < 4.78 is 1.66. The molecule has 0 spiro atoms. The number of hydrogen-bond donors (Lipinski definition) is 2. The van der Waals surface area contributed by atoms with Crippen molar-refractivity contribution in [2.24, 2.45) is 7.05 Å². The Kier molecular flexibility index (Phi) is 5.41. The molecular formula is C17H17ClN2O4. The Bertz CT molecular complexity index is 794. The van der Waals surface area contributed by atoms with Crippen LogP contribution in [0.2, 0.25) is 5.02 Å². The van der Waals surface area contributed by atoms with Gasteiger partial charge < -0.3 is 15.0 Å². The second kappa shape index (κ2) is 7.31. The molecule has 0 aliphatic carbocycles. The first-order chi connectivity index (χ1) is 11.3. The Morgan fingerprint density at radius 2 is 1.83 bits per heavy atom. The topological polar surface area (TPSA) is 88.4 Å². The average molecular weight is 349 g/mol. The van der Waals surface area contributed by atoms with Crippen LogP contribution in [0.25, 0.3) is 0 Å². The molecule has 0 aliphatic heterocycles. The predicted molar refractivity (Wildman–Crippen MR) is 89.4 cm³/mol. The number of nitrogens with zero attached hydrogens (tertiary/aromatic N) is 1. The van der Waals surface area contributed by atoms with Gasteiger partial charge in [0.25, 0.3) is 0 Å². The van der Waals surface area contributed by atoms with Crippen LogP contribution in [0.5, 0.6) is 0 Å². The number of amides is 1. The monoisotopic (exact) mass is 348 g/mol. The zero-order chi connectivity index (χ0) is 17.9. The lowest BCUT2D eigenvalue weighted by atomic mass is 10.1. The van der Waals surface area contributed by atoms with E-state index in [1.165, 1.54) is 0 Å². The van der Waals surface area contributed by atoms with Crippen molar-refractivity contribution in [3.63, 3.8) is 0 Å². The smallest absolute Gasteiger partial charge is 0.322 e. The van der Waals surface area contributed by atoms with Crippen molar-refractivity contribution in [1.82, 2.24) is 9.88 Å². The van der Waals surface area contributed by atoms with E-state index in [0.29, 0.717) is 22.0 Å². The summed E-state index contributed by atoms with van der Waals surface area (Å²) in [5, 5.41) is 11.4. The number of carbonyl (C=O) groups excluding carboxylic acids is 2. The van der Waals surface area contributed by atoms with E-state index in [1.807, 2.05) is 0 Å². The maximum Gasteiger partial charge on any atom is 0.322 e. The van der Waals surface area contributed by atoms with Gasteiger partial charge >= 0.3 is 5.97 Å². The van der Waals surface area contributed by atoms with Gasteiger partial charge in [0.2, 0.25) is 11.7 Å². The second-order valence-corrected chi connectivity index (χ2v) is 5.85. The van der Waals surface area contributed by atoms with Crippen molar-refractivity contribution in [3.05, 3.63) is 57.9 Å². The Balaban J connectivity index is 2.22. The highest BCUT2D eigenvalue weighted by atomic mass is 35.5. The SMILES string of the molecule is Cc1cc(CC(=O)NCC(=O)O)n(C)c1C(=O)c1ccc(Cl)cc1. The number of carbonyl (C=O) groups is 3. The largest absolute Gasteiger partial charge is 0.480 e. The average Bonchev–Trinajstić information content (AvgIpc) is 2.79. The lowest BCUT2D eigenvalue weighted by Crippen LogP contribution is -2.31. The van der Waals surface area contributed by atoms with Crippen LogP contribution < -0.4 is 5.32 Å². The zero-order valence-electron chi connectivity index (χ0n) is 13.3. The molecule has 0 radical (unpaired) electrons. The van der Waals surface area contributed by atoms with Crippen LogP contribution in [0.1, 0.15) is 27.3 Å². The molecule has 2 rings (SSSR count). The highest BCUT2D eigenvalue weighted by molar-refractivity contribution is 6.30. The van der Waals surface area contributed by atoms with Gasteiger partial charge in [-0.2, -0.15) is 0 Å². The molecule has 1 aromatic heterocycles. The molecule has 2 N–H and O–H groups in total. The number of nitrogens with one attached hydrogen (secondary N) is 1. The predicted octanol–water partition coefficient (Wildman–Crippen LogP) is 1.96. The number of aryl methyl sites for hydroxylation is 1. The fraction of sp³-hybridized carbons (Fsp3) is 0.235. The number of benzene rings is 1. The molecule has 6 nitrogen and oxygen atoms in total. The Hall–Kier alpha value is -2.60. The number of carboxylic acids is 1. The Morgan fingerprint density at radius 3 is 2.42 bits per heavy atom. The van der Waals surface area contributed by atoms with Gasteiger partial charge in [-0.15, -0.1) is 0 Å². The van der Waals surface area contributed by atoms with Gasteiger partial charge in [-0.05, 0) is 42.8 Å². The molecule has 0 saturated heterocycles. The minimum atomic E-state index is -1.11. The first kappa shape index (κ1) is 17.7. The van der Waals surface area contributed by atoms with Crippen LogP contribution in [0.15, 0.2) is 30.3 Å². The molecule has 126 valence electrons. The number of rotatable bonds is 6. The number of aromatic nitrogens is 1. The van der Waals surface area contributed by atoms with Crippen molar-refractivity contribution >= 4 is 29.3 Å². The summed E-state index contributed by atoms with van der Waals surface area (Å²) in [6.07, 6.45) is -0.00147. The molecule has 0 atom stereocenters. The van der Waals surface area contributed by atoms with Crippen LogP contribution in [0.3, 0.4) is 0 Å². The number of hydrogen-bond acceptors (Lipinski definition) is 3. The van der Waals surface area contributed by atoms with E-state index < -0.39 is 18.4 Å². The molecule has 1 amide bonds. The van der Waals surface area contributed by atoms with Crippen LogP contribution >= 0.6 is 11.6 Å². The molecule has 0 fully saturated rings. The van der Waals surface area contributed by atoms with Gasteiger partial charge in [-0.25, -0.2) is 0 Å². The summed E-state index contributed by atoms with van der Waals surface area (Å²) in [6, 6.07) is 8.34. The minimum absolute atomic E-state index is 0.00147. The Morgan fingerprint density at radius 1 is 1.21 bits per heavy atom. The number of ketones is 1. The van der Waals surface area contributed by atoms with Gasteiger partial charge in [0.15, 0.2) is 0 Å². The number of halogens is 1. The molecule has 7 heteroatoms. The number of carboxylic acid groups (broad SMARTS) is 1. The first-order valence-electron chi connectivity index (χ1n) is 7.23. The molecule has 0 saturated carbocycles. The van der Waals surface area contributed by atoms with Gasteiger partial charge in [0, 0.05) is 23.3 Å². The van der Waals surface area contributed by atoms with Gasteiger partial charge in [-0.1, -0.05) is 11.6 Å². The highest BCUT2D eigenvalue weighted by Gasteiger charge is 2.19. The fourth-order valence-electron chi connectivity index (χ4n) is 2.46. The van der Waals surface area contributed by atoms with E-state index in [0.717, 1.165) is 5.56 Å². The first-order valence-corrected chi connectivity index (χ1v) is 7.61. The van der Waals surface area contributed by atoms with E-state index in [-0.39, 0.29) is 12.2 Å². The van der Waals surface area contributed by atoms with Crippen molar-refractivity contribution in [1.29, 1.82) is 0 Å². The minimum Gasteiger partial charge on any atom is -0.480 e. The van der Waals surface area contributed by atoms with Gasteiger partial charge in [-0.3, -0.25) is 14.4 Å². The zero-order valence-corrected chi connectivity index (χ0v) is 14.1. The maximum atomic E-state index is 12.7. The fourth-order valence-corrected chi connectivity index (χ4v) is 2.59. The van der Waals surface area contributed by atoms with Gasteiger partial charge in [0.05, 0.1) is 12.1 Å². The normalized spacial score (nSPS) is 10.5. The Labute approximate surface area is 144 Å². The summed E-state index contributed by atoms with van der Waals surface area (Å²) in [5.41, 5.74) is 2.37. The van der Waals surface area contributed by atoms with Gasteiger partial charge in [0.1, 0.15) is 6.54 Å². The van der Waals surface area contributed by atoms with E-state index in [4.69, 9.17) is 16.7 Å². The third-order valence-corrected chi connectivity index (χ3v) is 3.87. The van der Waals surface area contributed by atoms with Crippen molar-refractivity contribution < 1.29 is 19.5 Å². The van der Waals surface area contributed by atoms with Crippen LogP contribution in [0, 0.1) is 6.92 Å². The third kappa shape index (κ3) is 4.02. The number of aliphatic carboxylic acids is 1. The van der Waals surface area contributed by atoms with Crippen LogP contribution in [0.4, 0.5) is 0 Å². The van der Waals surface area contributed by atoms with Crippen LogP contribution in [-0.4, -0.2) is 33.9 Å². The van der Waals surface area contributed by atoms with E-state index in [2.05, 4.69) is 5.32 Å². The lowest BCUT2D eigenvalue weighted by Gasteiger charge is -2.08. The molecule has 0 unspecified atom stereocenters. The van der Waals surface area contributed by atoms with Crippen molar-refractivity contribution in [2.75, 3.05) is 6.54 Å². The van der Waals surface area contributed by atoms with Crippen molar-refractivity contribution in [3.8, 4) is 0 Å². The molecule has 0 bridgehead atoms. The lowest BCUT2D eigenvalue weighted by molar-refractivity contribution is -0.137. The summed E-state index contributed by atoms with van der Waals surface area (Å²) in [5.74, 6) is -1.68. The van der Waals surface area contributed by atoms with E-state index >= 15 is 0 Å². The van der Waals surface area contributed by atoms with Crippen LogP contribution in [-0.2, 0) is 23.1 Å². The summed E-state index contributed by atoms with van der Waals surface area (Å²) in [4.78, 5) is 34.9. The quantitative estimate of drug-likeness (QED) is 0.781. The third-order valence-electron chi connectivity index (χ3n) is 3.62.